The lowest BCUT2D eigenvalue weighted by molar-refractivity contribution is 0.286. The third-order valence-electron chi connectivity index (χ3n) is 3.60. The van der Waals surface area contributed by atoms with E-state index in [4.69, 9.17) is 5.73 Å². The summed E-state index contributed by atoms with van der Waals surface area (Å²) in [6.45, 7) is 0. The molecule has 1 fully saturated rings. The average Bonchev–Trinajstić information content (AvgIpc) is 2.35. The van der Waals surface area contributed by atoms with Gasteiger partial charge in [-0.1, -0.05) is 19.3 Å². The Morgan fingerprint density at radius 2 is 1.72 bits per heavy atom. The number of nitrogens with two attached hydrogens (primary N) is 1. The molecule has 18 heavy (non-hydrogen) atoms. The van der Waals surface area contributed by atoms with Gasteiger partial charge in [-0.05, 0) is 25.2 Å². The number of thioether (sulfide) groups is 1. The van der Waals surface area contributed by atoms with Gasteiger partial charge in [0.25, 0.3) is 0 Å². The summed E-state index contributed by atoms with van der Waals surface area (Å²) < 4.78 is 41.5. The van der Waals surface area contributed by atoms with Crippen LogP contribution in [0.3, 0.4) is 0 Å². The lowest BCUT2D eigenvalue weighted by Crippen LogP contribution is -2.39. The summed E-state index contributed by atoms with van der Waals surface area (Å²) in [5.74, 6) is -2.84. The predicted octanol–water partition coefficient (Wildman–Crippen LogP) is 3.94. The van der Waals surface area contributed by atoms with Gasteiger partial charge in [0.1, 0.15) is 5.82 Å². The number of halogens is 3. The van der Waals surface area contributed by atoms with E-state index in [2.05, 4.69) is 0 Å². The summed E-state index contributed by atoms with van der Waals surface area (Å²) in [5, 5.41) is 0. The molecule has 0 radical (unpaired) electrons. The summed E-state index contributed by atoms with van der Waals surface area (Å²) in [7, 11) is 0. The zero-order valence-electron chi connectivity index (χ0n) is 10.2. The first-order chi connectivity index (χ1) is 8.49. The van der Waals surface area contributed by atoms with Crippen molar-refractivity contribution >= 4 is 11.8 Å². The minimum atomic E-state index is -1.12. The van der Waals surface area contributed by atoms with Crippen LogP contribution >= 0.6 is 11.8 Å². The molecule has 0 aliphatic heterocycles. The SMILES string of the molecule is CSc1c(F)cc(C2(N)CCCCC2)c(F)c1F. The Labute approximate surface area is 109 Å². The molecule has 1 aromatic carbocycles. The monoisotopic (exact) mass is 275 g/mol. The van der Waals surface area contributed by atoms with E-state index in [0.29, 0.717) is 12.8 Å². The van der Waals surface area contributed by atoms with Crippen LogP contribution in [0.5, 0.6) is 0 Å². The van der Waals surface area contributed by atoms with Crippen molar-refractivity contribution in [3.05, 3.63) is 29.1 Å². The normalized spacial score (nSPS) is 18.9. The Balaban J connectivity index is 2.51. The molecule has 0 heterocycles. The van der Waals surface area contributed by atoms with E-state index in [9.17, 15) is 13.2 Å². The lowest BCUT2D eigenvalue weighted by atomic mass is 9.77. The van der Waals surface area contributed by atoms with E-state index in [1.165, 1.54) is 6.26 Å². The number of benzene rings is 1. The number of hydrogen-bond donors (Lipinski definition) is 1. The number of rotatable bonds is 2. The van der Waals surface area contributed by atoms with Crippen LogP contribution in [0.25, 0.3) is 0 Å². The highest BCUT2D eigenvalue weighted by Crippen LogP contribution is 2.39. The van der Waals surface area contributed by atoms with E-state index < -0.39 is 23.0 Å². The third kappa shape index (κ3) is 2.26. The van der Waals surface area contributed by atoms with Gasteiger partial charge < -0.3 is 5.73 Å². The maximum absolute atomic E-state index is 14.0. The van der Waals surface area contributed by atoms with Crippen LogP contribution in [0.4, 0.5) is 13.2 Å². The van der Waals surface area contributed by atoms with E-state index in [1.54, 1.807) is 0 Å². The summed E-state index contributed by atoms with van der Waals surface area (Å²) in [5.41, 5.74) is 5.18. The molecule has 5 heteroatoms. The second kappa shape index (κ2) is 5.13. The first kappa shape index (κ1) is 13.7. The quantitative estimate of drug-likeness (QED) is 0.653. The van der Waals surface area contributed by atoms with Crippen molar-refractivity contribution in [2.45, 2.75) is 42.5 Å². The second-order valence-corrected chi connectivity index (χ2v) is 5.60. The van der Waals surface area contributed by atoms with Crippen LogP contribution in [-0.4, -0.2) is 6.26 Å². The predicted molar refractivity (Wildman–Crippen MR) is 67.0 cm³/mol. The molecule has 0 unspecified atom stereocenters. The molecule has 100 valence electrons. The zero-order chi connectivity index (χ0) is 13.3. The van der Waals surface area contributed by atoms with Crippen molar-refractivity contribution in [3.8, 4) is 0 Å². The fourth-order valence-corrected chi connectivity index (χ4v) is 3.10. The number of hydrogen-bond acceptors (Lipinski definition) is 2. The topological polar surface area (TPSA) is 26.0 Å². The second-order valence-electron chi connectivity index (χ2n) is 4.78. The molecule has 0 spiro atoms. The van der Waals surface area contributed by atoms with Crippen molar-refractivity contribution < 1.29 is 13.2 Å². The van der Waals surface area contributed by atoms with Gasteiger partial charge in [0.2, 0.25) is 0 Å². The van der Waals surface area contributed by atoms with E-state index >= 15 is 0 Å². The maximum atomic E-state index is 14.0. The molecule has 1 aliphatic carbocycles. The molecule has 0 atom stereocenters. The highest BCUT2D eigenvalue weighted by atomic mass is 32.2. The van der Waals surface area contributed by atoms with Crippen molar-refractivity contribution in [1.82, 2.24) is 0 Å². The van der Waals surface area contributed by atoms with Gasteiger partial charge in [0.05, 0.1) is 4.90 Å². The Hall–Kier alpha value is -0.680. The van der Waals surface area contributed by atoms with Gasteiger partial charge >= 0.3 is 0 Å². The molecule has 0 saturated heterocycles. The average molecular weight is 275 g/mol. The van der Waals surface area contributed by atoms with Gasteiger partial charge in [-0.15, -0.1) is 11.8 Å². The molecule has 1 saturated carbocycles. The first-order valence-electron chi connectivity index (χ1n) is 6.00. The van der Waals surface area contributed by atoms with Crippen molar-refractivity contribution in [1.29, 1.82) is 0 Å². The van der Waals surface area contributed by atoms with Crippen molar-refractivity contribution in [3.63, 3.8) is 0 Å². The van der Waals surface area contributed by atoms with Gasteiger partial charge in [-0.3, -0.25) is 0 Å². The largest absolute Gasteiger partial charge is 0.321 e. The van der Waals surface area contributed by atoms with E-state index in [-0.39, 0.29) is 10.5 Å². The van der Waals surface area contributed by atoms with Crippen LogP contribution in [-0.2, 0) is 5.54 Å². The molecule has 1 aromatic rings. The molecule has 1 aliphatic rings. The molecule has 0 amide bonds. The minimum absolute atomic E-state index is 0.0185. The minimum Gasteiger partial charge on any atom is -0.321 e. The Morgan fingerprint density at radius 1 is 1.11 bits per heavy atom. The van der Waals surface area contributed by atoms with Crippen LogP contribution in [0.2, 0.25) is 0 Å². The fraction of sp³-hybridized carbons (Fsp3) is 0.538. The Kier molecular flexibility index (Phi) is 3.92. The van der Waals surface area contributed by atoms with Gasteiger partial charge in [0.15, 0.2) is 11.6 Å². The molecule has 0 aromatic heterocycles. The standard InChI is InChI=1S/C13H16F3NS/c1-18-12-9(14)7-8(10(15)11(12)16)13(17)5-3-2-4-6-13/h7H,2-6,17H2,1H3. The third-order valence-corrected chi connectivity index (χ3v) is 4.39. The summed E-state index contributed by atoms with van der Waals surface area (Å²) in [6.07, 6.45) is 5.42. The smallest absolute Gasteiger partial charge is 0.175 e. The highest BCUT2D eigenvalue weighted by Gasteiger charge is 2.34. The van der Waals surface area contributed by atoms with Crippen LogP contribution < -0.4 is 5.73 Å². The van der Waals surface area contributed by atoms with Crippen LogP contribution in [0.1, 0.15) is 37.7 Å². The Bertz CT molecular complexity index is 456. The van der Waals surface area contributed by atoms with Gasteiger partial charge in [-0.2, -0.15) is 0 Å². The summed E-state index contributed by atoms with van der Waals surface area (Å²) in [4.78, 5) is -0.282. The van der Waals surface area contributed by atoms with E-state index in [0.717, 1.165) is 37.1 Å². The fourth-order valence-electron chi connectivity index (χ4n) is 2.58. The zero-order valence-corrected chi connectivity index (χ0v) is 11.0. The molecule has 2 N–H and O–H groups in total. The molecule has 1 nitrogen and oxygen atoms in total. The summed E-state index contributed by atoms with van der Waals surface area (Å²) in [6, 6.07) is 1.07. The molecule has 2 rings (SSSR count). The Morgan fingerprint density at radius 3 is 2.28 bits per heavy atom. The molecular weight excluding hydrogens is 259 g/mol. The van der Waals surface area contributed by atoms with Crippen LogP contribution in [0.15, 0.2) is 11.0 Å². The lowest BCUT2D eigenvalue weighted by Gasteiger charge is -2.34. The van der Waals surface area contributed by atoms with Gasteiger partial charge in [0, 0.05) is 11.1 Å². The van der Waals surface area contributed by atoms with Crippen LogP contribution in [0, 0.1) is 17.5 Å². The maximum Gasteiger partial charge on any atom is 0.175 e. The van der Waals surface area contributed by atoms with Crippen molar-refractivity contribution in [2.24, 2.45) is 5.73 Å². The molecule has 0 bridgehead atoms. The first-order valence-corrected chi connectivity index (χ1v) is 7.23. The molecular formula is C13H16F3NS. The van der Waals surface area contributed by atoms with Crippen molar-refractivity contribution in [2.75, 3.05) is 6.26 Å². The summed E-state index contributed by atoms with van der Waals surface area (Å²) >= 11 is 0.860. The van der Waals surface area contributed by atoms with E-state index in [1.807, 2.05) is 0 Å². The van der Waals surface area contributed by atoms with Gasteiger partial charge in [-0.25, -0.2) is 13.2 Å². The highest BCUT2D eigenvalue weighted by molar-refractivity contribution is 7.98.